The van der Waals surface area contributed by atoms with Gasteiger partial charge in [0.25, 0.3) is 0 Å². The highest BCUT2D eigenvalue weighted by atomic mass is 16.5. The van der Waals surface area contributed by atoms with Crippen LogP contribution in [0, 0.1) is 11.8 Å². The quantitative estimate of drug-likeness (QED) is 0.561. The second-order valence-corrected chi connectivity index (χ2v) is 7.92. The summed E-state index contributed by atoms with van der Waals surface area (Å²) in [6.07, 6.45) is 7.98. The number of ether oxygens (including phenoxy) is 1. The number of hydrogen-bond acceptors (Lipinski definition) is 3. The first-order chi connectivity index (χ1) is 13.0. The van der Waals surface area contributed by atoms with Crippen LogP contribution < -0.4 is 0 Å². The second kappa shape index (κ2) is 10.5. The second-order valence-electron chi connectivity index (χ2n) is 7.92. The molecule has 1 aliphatic carbocycles. The Kier molecular flexibility index (Phi) is 8.33. The first kappa shape index (κ1) is 21.5. The van der Waals surface area contributed by atoms with Gasteiger partial charge in [-0.3, -0.25) is 9.59 Å². The highest BCUT2D eigenvalue weighted by molar-refractivity contribution is 5.75. The Morgan fingerprint density at radius 3 is 2.48 bits per heavy atom. The average molecular weight is 375 g/mol. The number of hydrogen-bond donors (Lipinski definition) is 1. The lowest BCUT2D eigenvalue weighted by atomic mass is 9.93. The van der Waals surface area contributed by atoms with Crippen molar-refractivity contribution in [2.45, 2.75) is 84.2 Å². The maximum absolute atomic E-state index is 12.5. The van der Waals surface area contributed by atoms with E-state index >= 15 is 0 Å². The molecule has 0 bridgehead atoms. The van der Waals surface area contributed by atoms with Crippen molar-refractivity contribution >= 4 is 11.9 Å². The summed E-state index contributed by atoms with van der Waals surface area (Å²) in [6.45, 7) is 5.91. The number of carboxylic acid groups (broad SMARTS) is 1. The molecule has 0 radical (unpaired) electrons. The van der Waals surface area contributed by atoms with Crippen molar-refractivity contribution in [1.29, 1.82) is 0 Å². The summed E-state index contributed by atoms with van der Waals surface area (Å²) in [4.78, 5) is 23.6. The molecular formula is C23H34O4. The molecule has 0 spiro atoms. The van der Waals surface area contributed by atoms with Gasteiger partial charge in [-0.15, -0.1) is 0 Å². The van der Waals surface area contributed by atoms with Crippen molar-refractivity contribution in [3.05, 3.63) is 35.4 Å². The molecule has 4 heteroatoms. The smallest absolute Gasteiger partial charge is 0.310 e. The molecule has 0 saturated heterocycles. The normalized spacial score (nSPS) is 21.6. The number of benzene rings is 1. The van der Waals surface area contributed by atoms with Crippen molar-refractivity contribution in [2.24, 2.45) is 11.8 Å². The van der Waals surface area contributed by atoms with Crippen LogP contribution in [0.3, 0.4) is 0 Å². The fourth-order valence-electron chi connectivity index (χ4n) is 3.96. The molecule has 4 atom stereocenters. The molecule has 0 amide bonds. The van der Waals surface area contributed by atoms with E-state index in [-0.39, 0.29) is 18.0 Å². The number of rotatable bonds is 10. The molecule has 0 aliphatic heterocycles. The Morgan fingerprint density at radius 1 is 1.19 bits per heavy atom. The molecule has 0 aromatic heterocycles. The molecule has 1 aromatic rings. The number of carbonyl (C=O) groups excluding carboxylic acids is 1. The molecule has 1 aromatic carbocycles. The Bertz CT molecular complexity index is 607. The van der Waals surface area contributed by atoms with Gasteiger partial charge in [0.05, 0.1) is 11.8 Å². The minimum absolute atomic E-state index is 0.0193. The van der Waals surface area contributed by atoms with E-state index < -0.39 is 11.9 Å². The fourth-order valence-corrected chi connectivity index (χ4v) is 3.96. The van der Waals surface area contributed by atoms with E-state index in [0.717, 1.165) is 56.9 Å². The van der Waals surface area contributed by atoms with E-state index in [1.165, 1.54) is 5.56 Å². The predicted molar refractivity (Wildman–Crippen MR) is 107 cm³/mol. The van der Waals surface area contributed by atoms with E-state index in [9.17, 15) is 9.59 Å². The molecule has 150 valence electrons. The van der Waals surface area contributed by atoms with E-state index in [2.05, 4.69) is 13.8 Å². The maximum Gasteiger partial charge on any atom is 0.310 e. The lowest BCUT2D eigenvalue weighted by Gasteiger charge is -2.23. The number of carboxylic acids is 1. The lowest BCUT2D eigenvalue weighted by Crippen LogP contribution is -2.27. The topological polar surface area (TPSA) is 63.6 Å². The molecule has 4 unspecified atom stereocenters. The molecule has 1 saturated carbocycles. The average Bonchev–Trinajstić information content (AvgIpc) is 3.09. The van der Waals surface area contributed by atoms with Crippen LogP contribution in [-0.2, 0) is 20.7 Å². The number of aliphatic carboxylic acids is 1. The molecular weight excluding hydrogens is 340 g/mol. The minimum atomic E-state index is -0.806. The largest absolute Gasteiger partial charge is 0.481 e. The van der Waals surface area contributed by atoms with Crippen molar-refractivity contribution in [2.75, 3.05) is 0 Å². The predicted octanol–water partition coefficient (Wildman–Crippen LogP) is 5.35. The van der Waals surface area contributed by atoms with Crippen LogP contribution >= 0.6 is 0 Å². The molecule has 1 aliphatic rings. The highest BCUT2D eigenvalue weighted by Gasteiger charge is 2.32. The van der Waals surface area contributed by atoms with Crippen LogP contribution in [-0.4, -0.2) is 23.1 Å². The van der Waals surface area contributed by atoms with Gasteiger partial charge in [0.15, 0.2) is 0 Å². The zero-order valence-electron chi connectivity index (χ0n) is 16.9. The van der Waals surface area contributed by atoms with E-state index in [4.69, 9.17) is 9.84 Å². The van der Waals surface area contributed by atoms with Crippen LogP contribution in [0.2, 0.25) is 0 Å². The van der Waals surface area contributed by atoms with Crippen molar-refractivity contribution in [3.63, 3.8) is 0 Å². The van der Waals surface area contributed by atoms with Gasteiger partial charge in [0.2, 0.25) is 0 Å². The Hall–Kier alpha value is -1.84. The lowest BCUT2D eigenvalue weighted by molar-refractivity contribution is -0.156. The SMILES string of the molecule is CCCCC(CC)C(=O)OC1CCCC1Cc1ccc(C(C)C(=O)O)cc1. The fraction of sp³-hybridized carbons (Fsp3) is 0.652. The van der Waals surface area contributed by atoms with Crippen LogP contribution in [0.4, 0.5) is 0 Å². The number of carbonyl (C=O) groups is 2. The first-order valence-corrected chi connectivity index (χ1v) is 10.5. The zero-order chi connectivity index (χ0) is 19.8. The third-order valence-electron chi connectivity index (χ3n) is 5.94. The van der Waals surface area contributed by atoms with Crippen LogP contribution in [0.15, 0.2) is 24.3 Å². The third-order valence-corrected chi connectivity index (χ3v) is 5.94. The van der Waals surface area contributed by atoms with Gasteiger partial charge in [-0.2, -0.15) is 0 Å². The number of esters is 1. The van der Waals surface area contributed by atoms with Gasteiger partial charge in [-0.25, -0.2) is 0 Å². The summed E-state index contributed by atoms with van der Waals surface area (Å²) in [5, 5.41) is 9.12. The summed E-state index contributed by atoms with van der Waals surface area (Å²) in [5.41, 5.74) is 2.00. The third kappa shape index (κ3) is 6.08. The van der Waals surface area contributed by atoms with Gasteiger partial charge >= 0.3 is 11.9 Å². The van der Waals surface area contributed by atoms with Gasteiger partial charge in [-0.05, 0) is 62.5 Å². The van der Waals surface area contributed by atoms with Crippen LogP contribution in [0.25, 0.3) is 0 Å². The zero-order valence-corrected chi connectivity index (χ0v) is 16.9. The molecule has 27 heavy (non-hydrogen) atoms. The maximum atomic E-state index is 12.5. The summed E-state index contributed by atoms with van der Waals surface area (Å²) in [6, 6.07) is 7.84. The van der Waals surface area contributed by atoms with Crippen molar-refractivity contribution in [3.8, 4) is 0 Å². The van der Waals surface area contributed by atoms with Crippen LogP contribution in [0.1, 0.15) is 82.8 Å². The summed E-state index contributed by atoms with van der Waals surface area (Å²) in [7, 11) is 0. The van der Waals surface area contributed by atoms with Gasteiger partial charge in [-0.1, -0.05) is 51.0 Å². The number of unbranched alkanes of at least 4 members (excludes halogenated alkanes) is 1. The Morgan fingerprint density at radius 2 is 1.89 bits per heavy atom. The van der Waals surface area contributed by atoms with E-state index in [0.29, 0.717) is 5.92 Å². The summed E-state index contributed by atoms with van der Waals surface area (Å²) >= 11 is 0. The van der Waals surface area contributed by atoms with E-state index in [1.54, 1.807) is 6.92 Å². The summed E-state index contributed by atoms with van der Waals surface area (Å²) < 4.78 is 5.92. The molecule has 4 nitrogen and oxygen atoms in total. The molecule has 2 rings (SSSR count). The van der Waals surface area contributed by atoms with Gasteiger partial charge in [0.1, 0.15) is 6.10 Å². The van der Waals surface area contributed by atoms with Gasteiger partial charge in [0, 0.05) is 0 Å². The molecule has 1 fully saturated rings. The molecule has 1 N–H and O–H groups in total. The summed E-state index contributed by atoms with van der Waals surface area (Å²) in [5.74, 6) is -0.927. The highest BCUT2D eigenvalue weighted by Crippen LogP contribution is 2.32. The van der Waals surface area contributed by atoms with E-state index in [1.807, 2.05) is 24.3 Å². The molecule has 0 heterocycles. The first-order valence-electron chi connectivity index (χ1n) is 10.5. The Balaban J connectivity index is 1.94. The Labute approximate surface area is 163 Å². The van der Waals surface area contributed by atoms with Crippen LogP contribution in [0.5, 0.6) is 0 Å². The van der Waals surface area contributed by atoms with Gasteiger partial charge < -0.3 is 9.84 Å². The van der Waals surface area contributed by atoms with Crippen molar-refractivity contribution < 1.29 is 19.4 Å². The van der Waals surface area contributed by atoms with Crippen molar-refractivity contribution in [1.82, 2.24) is 0 Å². The minimum Gasteiger partial charge on any atom is -0.481 e. The monoisotopic (exact) mass is 374 g/mol. The standard InChI is InChI=1S/C23H34O4/c1-4-6-8-18(5-2)23(26)27-21-10-7-9-20(21)15-17-11-13-19(14-12-17)16(3)22(24)25/h11-14,16,18,20-21H,4-10,15H2,1-3H3,(H,24,25).